The number of hydrogen-bond acceptors (Lipinski definition) is 4. The van der Waals surface area contributed by atoms with E-state index in [9.17, 15) is 4.79 Å². The number of imidazole rings is 1. The molecule has 0 aliphatic rings. The molecule has 0 bridgehead atoms. The van der Waals surface area contributed by atoms with E-state index >= 15 is 0 Å². The molecular weight excluding hydrogens is 410 g/mol. The third-order valence-corrected chi connectivity index (χ3v) is 6.22. The Bertz CT molecular complexity index is 1050. The smallest absolute Gasteiger partial charge is 0.251 e. The fraction of sp³-hybridized carbons (Fsp3) is 0.370. The lowest BCUT2D eigenvalue weighted by Crippen LogP contribution is -2.42. The first kappa shape index (κ1) is 24.2. The van der Waals surface area contributed by atoms with Crippen LogP contribution in [0.4, 0.5) is 0 Å². The van der Waals surface area contributed by atoms with E-state index in [1.165, 1.54) is 5.56 Å². The predicted octanol–water partition coefficient (Wildman–Crippen LogP) is 4.42. The number of hydrogen-bond donors (Lipinski definition) is 2. The minimum atomic E-state index is -0.140. The third-order valence-electron chi connectivity index (χ3n) is 6.22. The standard InChI is InChI=1S/C27H33N5O/c1-3-27(4-2,24-9-6-5-7-10-24)31-16-8-18-32-20-25(30-21-32)15-17-29-26(33)23-13-11-22(19-28)12-14-23/h5-7,9-14,20-21,31H,3-4,8,15-18H2,1-2H3,(H,29,33). The van der Waals surface area contributed by atoms with Crippen molar-refractivity contribution in [2.75, 3.05) is 13.1 Å². The first-order valence-corrected chi connectivity index (χ1v) is 11.7. The Kier molecular flexibility index (Phi) is 8.79. The molecule has 0 aliphatic heterocycles. The monoisotopic (exact) mass is 443 g/mol. The van der Waals surface area contributed by atoms with E-state index in [-0.39, 0.29) is 11.4 Å². The fourth-order valence-electron chi connectivity index (χ4n) is 4.12. The number of carbonyl (C=O) groups excluding carboxylic acids is 1. The van der Waals surface area contributed by atoms with Gasteiger partial charge in [-0.15, -0.1) is 0 Å². The van der Waals surface area contributed by atoms with Crippen LogP contribution in [-0.2, 0) is 18.5 Å². The van der Waals surface area contributed by atoms with Crippen LogP contribution >= 0.6 is 0 Å². The Labute approximate surface area is 196 Å². The van der Waals surface area contributed by atoms with Crippen molar-refractivity contribution in [3.05, 3.63) is 89.5 Å². The average molecular weight is 444 g/mol. The lowest BCUT2D eigenvalue weighted by molar-refractivity contribution is 0.0954. The van der Waals surface area contributed by atoms with Crippen LogP contribution in [0.2, 0.25) is 0 Å². The predicted molar refractivity (Wildman–Crippen MR) is 131 cm³/mol. The van der Waals surface area contributed by atoms with Gasteiger partial charge < -0.3 is 15.2 Å². The molecule has 1 amide bonds. The van der Waals surface area contributed by atoms with Gasteiger partial charge in [0.1, 0.15) is 0 Å². The zero-order valence-electron chi connectivity index (χ0n) is 19.6. The molecule has 1 aromatic heterocycles. The van der Waals surface area contributed by atoms with Gasteiger partial charge in [-0.05, 0) is 55.6 Å². The molecule has 0 atom stereocenters. The van der Waals surface area contributed by atoms with Gasteiger partial charge in [0.05, 0.1) is 23.7 Å². The van der Waals surface area contributed by atoms with Crippen molar-refractivity contribution in [2.24, 2.45) is 0 Å². The Hall–Kier alpha value is -3.43. The van der Waals surface area contributed by atoms with Crippen LogP contribution in [0.5, 0.6) is 0 Å². The maximum absolute atomic E-state index is 12.2. The fourth-order valence-corrected chi connectivity index (χ4v) is 4.12. The number of nitrogens with one attached hydrogen (secondary N) is 2. The summed E-state index contributed by atoms with van der Waals surface area (Å²) in [6.45, 7) is 6.84. The van der Waals surface area contributed by atoms with Gasteiger partial charge in [-0.25, -0.2) is 4.98 Å². The summed E-state index contributed by atoms with van der Waals surface area (Å²) in [5, 5.41) is 15.6. The van der Waals surface area contributed by atoms with Gasteiger partial charge in [0.15, 0.2) is 0 Å². The highest BCUT2D eigenvalue weighted by atomic mass is 16.1. The first-order valence-electron chi connectivity index (χ1n) is 11.7. The second kappa shape index (κ2) is 12.0. The summed E-state index contributed by atoms with van der Waals surface area (Å²) < 4.78 is 2.11. The maximum Gasteiger partial charge on any atom is 0.251 e. The lowest BCUT2D eigenvalue weighted by atomic mass is 9.84. The van der Waals surface area contributed by atoms with Crippen molar-refractivity contribution in [3.63, 3.8) is 0 Å². The molecular formula is C27H33N5O. The molecule has 6 nitrogen and oxygen atoms in total. The molecule has 0 spiro atoms. The molecule has 2 aromatic carbocycles. The van der Waals surface area contributed by atoms with Gasteiger partial charge in [-0.1, -0.05) is 44.2 Å². The van der Waals surface area contributed by atoms with Crippen LogP contribution in [0.1, 0.15) is 60.3 Å². The van der Waals surface area contributed by atoms with Crippen molar-refractivity contribution >= 4 is 5.91 Å². The highest BCUT2D eigenvalue weighted by Gasteiger charge is 2.26. The molecule has 3 rings (SSSR count). The number of amides is 1. The number of carbonyl (C=O) groups is 1. The normalized spacial score (nSPS) is 11.2. The van der Waals surface area contributed by atoms with Gasteiger partial charge in [-0.2, -0.15) is 5.26 Å². The van der Waals surface area contributed by atoms with E-state index in [1.54, 1.807) is 24.3 Å². The second-order valence-electron chi connectivity index (χ2n) is 8.23. The van der Waals surface area contributed by atoms with E-state index in [0.29, 0.717) is 24.1 Å². The summed E-state index contributed by atoms with van der Waals surface area (Å²) in [7, 11) is 0. The zero-order valence-corrected chi connectivity index (χ0v) is 19.6. The topological polar surface area (TPSA) is 82.7 Å². The molecule has 33 heavy (non-hydrogen) atoms. The van der Waals surface area contributed by atoms with Crippen molar-refractivity contribution in [1.29, 1.82) is 5.26 Å². The SMILES string of the molecule is CCC(CC)(NCCCn1cnc(CCNC(=O)c2ccc(C#N)cc2)c1)c1ccccc1. The zero-order chi connectivity index (χ0) is 23.5. The van der Waals surface area contributed by atoms with Crippen LogP contribution < -0.4 is 10.6 Å². The van der Waals surface area contributed by atoms with Gasteiger partial charge in [0.25, 0.3) is 5.91 Å². The molecule has 172 valence electrons. The number of aromatic nitrogens is 2. The summed E-state index contributed by atoms with van der Waals surface area (Å²) in [6.07, 6.45) is 7.71. The van der Waals surface area contributed by atoms with Crippen LogP contribution in [0, 0.1) is 11.3 Å². The van der Waals surface area contributed by atoms with E-state index < -0.39 is 0 Å². The lowest BCUT2D eigenvalue weighted by Gasteiger charge is -2.34. The van der Waals surface area contributed by atoms with Crippen LogP contribution in [0.3, 0.4) is 0 Å². The summed E-state index contributed by atoms with van der Waals surface area (Å²) >= 11 is 0. The molecule has 0 saturated heterocycles. The summed E-state index contributed by atoms with van der Waals surface area (Å²) in [5.41, 5.74) is 3.43. The Balaban J connectivity index is 1.41. The maximum atomic E-state index is 12.2. The average Bonchev–Trinajstić information content (AvgIpc) is 3.32. The van der Waals surface area contributed by atoms with Gasteiger partial charge in [0, 0.05) is 36.8 Å². The molecule has 0 aliphatic carbocycles. The van der Waals surface area contributed by atoms with Crippen molar-refractivity contribution < 1.29 is 4.79 Å². The highest BCUT2D eigenvalue weighted by Crippen LogP contribution is 2.28. The molecule has 0 unspecified atom stereocenters. The Morgan fingerprint density at radius 2 is 1.79 bits per heavy atom. The molecule has 0 fully saturated rings. The third kappa shape index (κ3) is 6.53. The van der Waals surface area contributed by atoms with E-state index in [0.717, 1.165) is 38.0 Å². The van der Waals surface area contributed by atoms with Gasteiger partial charge >= 0.3 is 0 Å². The summed E-state index contributed by atoms with van der Waals surface area (Å²) in [4.78, 5) is 16.7. The number of nitrogens with zero attached hydrogens (tertiary/aromatic N) is 3. The highest BCUT2D eigenvalue weighted by molar-refractivity contribution is 5.94. The van der Waals surface area contributed by atoms with Crippen LogP contribution in [-0.4, -0.2) is 28.5 Å². The van der Waals surface area contributed by atoms with Crippen molar-refractivity contribution in [2.45, 2.75) is 51.6 Å². The molecule has 1 heterocycles. The van der Waals surface area contributed by atoms with E-state index in [2.05, 4.69) is 76.6 Å². The minimum Gasteiger partial charge on any atom is -0.352 e. The van der Waals surface area contributed by atoms with Gasteiger partial charge in [-0.3, -0.25) is 4.79 Å². The van der Waals surface area contributed by atoms with Crippen LogP contribution in [0.15, 0.2) is 67.1 Å². The number of benzene rings is 2. The Morgan fingerprint density at radius 1 is 1.06 bits per heavy atom. The first-order chi connectivity index (χ1) is 16.1. The summed E-state index contributed by atoms with van der Waals surface area (Å²) in [6, 6.07) is 19.4. The molecule has 0 radical (unpaired) electrons. The van der Waals surface area contributed by atoms with Crippen molar-refractivity contribution in [1.82, 2.24) is 20.2 Å². The quantitative estimate of drug-likeness (QED) is 0.406. The molecule has 6 heteroatoms. The van der Waals surface area contributed by atoms with Crippen LogP contribution in [0.25, 0.3) is 0 Å². The van der Waals surface area contributed by atoms with Gasteiger partial charge in [0.2, 0.25) is 0 Å². The molecule has 3 aromatic rings. The van der Waals surface area contributed by atoms with E-state index in [4.69, 9.17) is 5.26 Å². The number of rotatable bonds is 12. The van der Waals surface area contributed by atoms with Crippen molar-refractivity contribution in [3.8, 4) is 6.07 Å². The minimum absolute atomic E-state index is 0.0223. The molecule has 2 N–H and O–H groups in total. The second-order valence-corrected chi connectivity index (χ2v) is 8.23. The number of aryl methyl sites for hydroxylation is 1. The Morgan fingerprint density at radius 3 is 2.45 bits per heavy atom. The largest absolute Gasteiger partial charge is 0.352 e. The van der Waals surface area contributed by atoms with E-state index in [1.807, 2.05) is 6.33 Å². The molecule has 0 saturated carbocycles. The number of nitriles is 1. The summed E-state index contributed by atoms with van der Waals surface area (Å²) in [5.74, 6) is -0.140.